The molecule has 0 fully saturated rings. The molecule has 0 spiro atoms. The van der Waals surface area contributed by atoms with Crippen LogP contribution >= 0.6 is 0 Å². The van der Waals surface area contributed by atoms with E-state index >= 15 is 0 Å². The van der Waals surface area contributed by atoms with Gasteiger partial charge in [-0.2, -0.15) is 8.78 Å². The van der Waals surface area contributed by atoms with Gasteiger partial charge in [0.25, 0.3) is 4.92 Å². The van der Waals surface area contributed by atoms with Crippen molar-refractivity contribution < 1.29 is 23.3 Å². The normalized spacial score (nSPS) is 9.92. The van der Waals surface area contributed by atoms with Crippen molar-refractivity contribution in [1.82, 2.24) is 0 Å². The smallest absolute Gasteiger partial charge is 0.241 e. The molecule has 0 aliphatic carbocycles. The molecule has 12 heavy (non-hydrogen) atoms. The first-order chi connectivity index (χ1) is 5.52. The van der Waals surface area contributed by atoms with Crippen molar-refractivity contribution in [1.29, 1.82) is 0 Å². The molecule has 0 heterocycles. The molecule has 1 aromatic rings. The lowest BCUT2D eigenvalue weighted by Gasteiger charge is -1.91. The summed E-state index contributed by atoms with van der Waals surface area (Å²) in [6.45, 7) is 0. The van der Waals surface area contributed by atoms with Gasteiger partial charge in [-0.3, -0.25) is 0 Å². The predicted molar refractivity (Wildman–Crippen MR) is 31.4 cm³/mol. The fraction of sp³-hybridized carbons (Fsp3) is 0. The standard InChI is InChI=1S/C6H3F3NO2/c7-3-1-4(8)6(10(11)12)5(9)2-3/h1-2H,(H,11,12)/q+1. The molecule has 0 aromatic heterocycles. The molecule has 1 N–H and O–H groups in total. The Balaban J connectivity index is 3.38. The second-order valence-corrected chi connectivity index (χ2v) is 1.99. The van der Waals surface area contributed by atoms with Crippen LogP contribution in [0.3, 0.4) is 0 Å². The van der Waals surface area contributed by atoms with E-state index in [1.165, 1.54) is 0 Å². The highest BCUT2D eigenvalue weighted by molar-refractivity contribution is 5.32. The van der Waals surface area contributed by atoms with Gasteiger partial charge in [0.15, 0.2) is 0 Å². The quantitative estimate of drug-likeness (QED) is 0.667. The number of benzene rings is 1. The Labute approximate surface area is 64.6 Å². The van der Waals surface area contributed by atoms with Crippen LogP contribution in [-0.2, 0) is 0 Å². The van der Waals surface area contributed by atoms with Crippen LogP contribution in [0.1, 0.15) is 0 Å². The molecule has 0 saturated heterocycles. The van der Waals surface area contributed by atoms with Crippen LogP contribution in [0.25, 0.3) is 0 Å². The lowest BCUT2D eigenvalue weighted by atomic mass is 10.3. The summed E-state index contributed by atoms with van der Waals surface area (Å²) in [5, 5.41) is 8.15. The first-order valence-corrected chi connectivity index (χ1v) is 2.83. The van der Waals surface area contributed by atoms with Gasteiger partial charge in [0.1, 0.15) is 5.82 Å². The largest absolute Gasteiger partial charge is 0.387 e. The van der Waals surface area contributed by atoms with Crippen LogP contribution in [0.2, 0.25) is 0 Å². The molecule has 0 saturated carbocycles. The Morgan fingerprint density at radius 1 is 1.17 bits per heavy atom. The molecule has 0 aliphatic rings. The molecule has 0 aliphatic heterocycles. The van der Waals surface area contributed by atoms with Crippen molar-refractivity contribution in [3.8, 4) is 0 Å². The monoisotopic (exact) mass is 178 g/mol. The molecule has 0 bridgehead atoms. The highest BCUT2D eigenvalue weighted by Gasteiger charge is 2.26. The first-order valence-electron chi connectivity index (χ1n) is 2.83. The SMILES string of the molecule is O=[N+](O)c1c(F)cc(F)cc1F. The van der Waals surface area contributed by atoms with Gasteiger partial charge in [0, 0.05) is 12.1 Å². The maximum absolute atomic E-state index is 12.5. The van der Waals surface area contributed by atoms with Crippen LogP contribution in [0.5, 0.6) is 0 Å². The summed E-state index contributed by atoms with van der Waals surface area (Å²) in [6.07, 6.45) is 0. The summed E-state index contributed by atoms with van der Waals surface area (Å²) in [5.74, 6) is -4.06. The minimum atomic E-state index is -1.45. The fourth-order valence-electron chi connectivity index (χ4n) is 0.717. The number of halogens is 3. The summed E-state index contributed by atoms with van der Waals surface area (Å²) < 4.78 is 37.2. The Kier molecular flexibility index (Phi) is 1.99. The zero-order chi connectivity index (χ0) is 9.30. The molecule has 64 valence electrons. The molecule has 0 amide bonds. The third-order valence-corrected chi connectivity index (χ3v) is 1.17. The average molecular weight is 178 g/mol. The van der Waals surface area contributed by atoms with Crippen LogP contribution < -0.4 is 0 Å². The molecule has 0 atom stereocenters. The summed E-state index contributed by atoms with van der Waals surface area (Å²) in [4.78, 5) is 9.07. The topological polar surface area (TPSA) is 40.3 Å². The van der Waals surface area contributed by atoms with Crippen molar-refractivity contribution in [2.75, 3.05) is 0 Å². The van der Waals surface area contributed by atoms with Crippen molar-refractivity contribution in [2.24, 2.45) is 0 Å². The average Bonchev–Trinajstić information content (AvgIpc) is 1.82. The lowest BCUT2D eigenvalue weighted by molar-refractivity contribution is -0.732. The Morgan fingerprint density at radius 2 is 1.58 bits per heavy atom. The zero-order valence-corrected chi connectivity index (χ0v) is 5.59. The van der Waals surface area contributed by atoms with Crippen molar-refractivity contribution >= 4 is 5.69 Å². The Bertz CT molecular complexity index is 317. The van der Waals surface area contributed by atoms with Gasteiger partial charge < -0.3 is 0 Å². The number of hydrogen-bond donors (Lipinski definition) is 1. The Hall–Kier alpha value is -1.59. The van der Waals surface area contributed by atoms with Crippen molar-refractivity contribution in [3.05, 3.63) is 34.5 Å². The van der Waals surface area contributed by atoms with Gasteiger partial charge >= 0.3 is 5.69 Å². The summed E-state index contributed by atoms with van der Waals surface area (Å²) in [7, 11) is 0. The maximum Gasteiger partial charge on any atom is 0.387 e. The molecule has 6 heteroatoms. The van der Waals surface area contributed by atoms with Crippen molar-refractivity contribution in [2.45, 2.75) is 0 Å². The summed E-state index contributed by atoms with van der Waals surface area (Å²) in [6, 6.07) is 0.582. The maximum atomic E-state index is 12.5. The summed E-state index contributed by atoms with van der Waals surface area (Å²) in [5.41, 5.74) is -1.23. The fourth-order valence-corrected chi connectivity index (χ4v) is 0.717. The highest BCUT2D eigenvalue weighted by atomic mass is 19.1. The Morgan fingerprint density at radius 3 is 1.92 bits per heavy atom. The molecule has 3 nitrogen and oxygen atoms in total. The van der Waals surface area contributed by atoms with E-state index in [-0.39, 0.29) is 0 Å². The number of hydrogen-bond acceptors (Lipinski definition) is 1. The third-order valence-electron chi connectivity index (χ3n) is 1.17. The van der Waals surface area contributed by atoms with Crippen LogP contribution in [0.4, 0.5) is 18.9 Å². The first kappa shape index (κ1) is 8.51. The van der Waals surface area contributed by atoms with Gasteiger partial charge in [-0.25, -0.2) is 9.60 Å². The highest BCUT2D eigenvalue weighted by Crippen LogP contribution is 2.21. The minimum Gasteiger partial charge on any atom is -0.241 e. The van der Waals surface area contributed by atoms with Crippen LogP contribution in [0.15, 0.2) is 12.1 Å². The van der Waals surface area contributed by atoms with E-state index in [0.717, 1.165) is 0 Å². The third kappa shape index (κ3) is 1.36. The number of nitrogens with zero attached hydrogens (tertiary/aromatic N) is 1. The second-order valence-electron chi connectivity index (χ2n) is 1.99. The lowest BCUT2D eigenvalue weighted by Crippen LogP contribution is -1.99. The summed E-state index contributed by atoms with van der Waals surface area (Å²) >= 11 is 0. The minimum absolute atomic E-state index is 0.291. The van der Waals surface area contributed by atoms with E-state index in [0.29, 0.717) is 12.1 Å². The second kappa shape index (κ2) is 2.80. The van der Waals surface area contributed by atoms with E-state index in [1.54, 1.807) is 0 Å². The molecule has 1 rings (SSSR count). The van der Waals surface area contributed by atoms with E-state index in [4.69, 9.17) is 5.21 Å². The molecule has 1 aromatic carbocycles. The van der Waals surface area contributed by atoms with Gasteiger partial charge in [-0.15, -0.1) is 0 Å². The van der Waals surface area contributed by atoms with Gasteiger partial charge in [0.05, 0.1) is 4.91 Å². The molecule has 0 unspecified atom stereocenters. The van der Waals surface area contributed by atoms with Crippen molar-refractivity contribution in [3.63, 3.8) is 0 Å². The van der Waals surface area contributed by atoms with E-state index in [2.05, 4.69) is 0 Å². The van der Waals surface area contributed by atoms with Gasteiger partial charge in [0.2, 0.25) is 11.6 Å². The van der Waals surface area contributed by atoms with E-state index < -0.39 is 28.1 Å². The van der Waals surface area contributed by atoms with Crippen LogP contribution in [-0.4, -0.2) is 10.1 Å². The molecular weight excluding hydrogens is 175 g/mol. The molecular formula is C6H3F3NO2+. The van der Waals surface area contributed by atoms with Crippen LogP contribution in [0, 0.1) is 22.4 Å². The number of rotatable bonds is 1. The predicted octanol–water partition coefficient (Wildman–Crippen LogP) is 1.90. The van der Waals surface area contributed by atoms with Gasteiger partial charge in [-0.05, 0) is 0 Å². The molecule has 0 radical (unpaired) electrons. The van der Waals surface area contributed by atoms with E-state index in [1.807, 2.05) is 0 Å². The van der Waals surface area contributed by atoms with Gasteiger partial charge in [-0.1, -0.05) is 0 Å². The zero-order valence-electron chi connectivity index (χ0n) is 5.59. The van der Waals surface area contributed by atoms with E-state index in [9.17, 15) is 18.1 Å².